The van der Waals surface area contributed by atoms with Gasteiger partial charge in [-0.3, -0.25) is 19.3 Å². The van der Waals surface area contributed by atoms with E-state index in [1.54, 1.807) is 6.07 Å². The molecule has 1 aromatic heterocycles. The number of imide groups is 1. The van der Waals surface area contributed by atoms with Gasteiger partial charge in [0.25, 0.3) is 0 Å². The highest BCUT2D eigenvalue weighted by atomic mass is 79.9. The number of likely N-dealkylation sites (tertiary alicyclic amines) is 1. The van der Waals surface area contributed by atoms with Gasteiger partial charge in [-0.05, 0) is 71.0 Å². The molecule has 4 aromatic rings. The summed E-state index contributed by atoms with van der Waals surface area (Å²) in [5.41, 5.74) is 3.77. The molecule has 0 spiro atoms. The smallest absolute Gasteiger partial charge is 0.379 e. The molecule has 0 saturated carbocycles. The fraction of sp³-hybridized carbons (Fsp3) is 0.270. The number of furan rings is 1. The number of carbonyl (C=O) groups excluding carboxylic acids is 5. The molecular weight excluding hydrogens is 746 g/mol. The molecule has 3 atom stereocenters. The third-order valence-electron chi connectivity index (χ3n) is 9.35. The molecule has 2 heterocycles. The largest absolute Gasteiger partial charge is 0.457 e. The van der Waals surface area contributed by atoms with Gasteiger partial charge >= 0.3 is 11.9 Å². The normalized spacial score (nSPS) is 24.1. The summed E-state index contributed by atoms with van der Waals surface area (Å²) in [5, 5.41) is 0. The zero-order valence-corrected chi connectivity index (χ0v) is 29.0. The number of Topliss-reactive ketones (excluding diaryl/α,β-unsaturated/α-hetero) is 1. The van der Waals surface area contributed by atoms with Crippen molar-refractivity contribution in [2.24, 2.45) is 17.8 Å². The van der Waals surface area contributed by atoms with Gasteiger partial charge in [0.15, 0.2) is 12.4 Å². The van der Waals surface area contributed by atoms with Crippen LogP contribution in [-0.4, -0.2) is 47.1 Å². The Kier molecular flexibility index (Phi) is 8.03. The minimum absolute atomic E-state index is 0.0339. The molecule has 0 radical (unpaired) electrons. The van der Waals surface area contributed by atoms with Crippen molar-refractivity contribution in [2.45, 2.75) is 35.0 Å². The molecule has 48 heavy (non-hydrogen) atoms. The van der Waals surface area contributed by atoms with Gasteiger partial charge in [0, 0.05) is 5.56 Å². The molecule has 1 fully saturated rings. The molecule has 11 heteroatoms. The number of hydrogen-bond acceptors (Lipinski definition) is 8. The van der Waals surface area contributed by atoms with E-state index < -0.39 is 62.7 Å². The van der Waals surface area contributed by atoms with Crippen molar-refractivity contribution in [2.75, 3.05) is 6.61 Å². The lowest BCUT2D eigenvalue weighted by Crippen LogP contribution is -2.56. The average molecular weight is 775 g/mol. The van der Waals surface area contributed by atoms with E-state index in [1.165, 1.54) is 36.6 Å². The molecule has 3 aliphatic carbocycles. The van der Waals surface area contributed by atoms with Crippen molar-refractivity contribution in [1.82, 2.24) is 4.90 Å². The summed E-state index contributed by atoms with van der Waals surface area (Å²) < 4.78 is 13.8. The fourth-order valence-corrected chi connectivity index (χ4v) is 9.63. The first kappa shape index (κ1) is 32.2. The van der Waals surface area contributed by atoms with E-state index in [4.69, 9.17) is 13.9 Å². The predicted molar refractivity (Wildman–Crippen MR) is 180 cm³/mol. The summed E-state index contributed by atoms with van der Waals surface area (Å²) in [4.78, 5) is 69.0. The summed E-state index contributed by atoms with van der Waals surface area (Å²) in [6, 6.07) is 23.1. The summed E-state index contributed by atoms with van der Waals surface area (Å²) in [5.74, 6) is -4.49. The van der Waals surface area contributed by atoms with Crippen LogP contribution in [-0.2, 0) is 27.8 Å². The lowest BCUT2D eigenvalue weighted by Gasteiger charge is -2.55. The number of rotatable bonds is 9. The van der Waals surface area contributed by atoms with Crippen LogP contribution in [0.1, 0.15) is 63.4 Å². The molecule has 4 aliphatic rings. The van der Waals surface area contributed by atoms with Gasteiger partial charge in [-0.2, -0.15) is 0 Å². The van der Waals surface area contributed by atoms with Gasteiger partial charge in [-0.15, -0.1) is 0 Å². The molecule has 244 valence electrons. The standard InChI is InChI=1S/C37H29Br2NO8/c1-20(2)18-27(34(44)47-19-28(41)21-13-15-22(16-14-21)48-35(45)29-12-7-17-46-29)40-32(42)30-31(33(40)43)37(39)24-9-4-3-8-23(24)36(30,38)25-10-5-6-11-26(25)37/h3-17,20,27,30-31H,18-19H2,1-2H3. The van der Waals surface area contributed by atoms with Gasteiger partial charge in [0.2, 0.25) is 17.6 Å². The van der Waals surface area contributed by atoms with E-state index in [0.717, 1.165) is 27.2 Å². The Bertz CT molecular complexity index is 1850. The van der Waals surface area contributed by atoms with E-state index in [0.29, 0.717) is 0 Å². The quantitative estimate of drug-likeness (QED) is 0.0618. The molecule has 1 saturated heterocycles. The summed E-state index contributed by atoms with van der Waals surface area (Å²) >= 11 is 7.97. The molecule has 9 nitrogen and oxygen atoms in total. The van der Waals surface area contributed by atoms with E-state index in [9.17, 15) is 24.0 Å². The summed E-state index contributed by atoms with van der Waals surface area (Å²) in [6.45, 7) is 3.16. The SMILES string of the molecule is CC(C)CC(C(=O)OCC(=O)c1ccc(OC(=O)c2ccco2)cc1)N1C(=O)C2C(C1=O)C1(Br)c3ccccc3C2(Br)c2ccccc21. The summed E-state index contributed by atoms with van der Waals surface area (Å²) in [6.07, 6.45) is 1.51. The molecule has 2 bridgehead atoms. The number of nitrogens with zero attached hydrogens (tertiary/aromatic N) is 1. The lowest BCUT2D eigenvalue weighted by molar-refractivity contribution is -0.159. The second-order valence-corrected chi connectivity index (χ2v) is 15.1. The van der Waals surface area contributed by atoms with E-state index in [1.807, 2.05) is 62.4 Å². The van der Waals surface area contributed by atoms with Crippen LogP contribution in [0.5, 0.6) is 5.75 Å². The number of ketones is 1. The Hall–Kier alpha value is -4.35. The molecule has 3 aromatic carbocycles. The van der Waals surface area contributed by atoms with Gasteiger partial charge in [-0.25, -0.2) is 9.59 Å². The molecular formula is C37H29Br2NO8. The molecule has 1 aliphatic heterocycles. The second-order valence-electron chi connectivity index (χ2n) is 12.6. The third-order valence-corrected chi connectivity index (χ3v) is 12.0. The van der Waals surface area contributed by atoms with Crippen molar-refractivity contribution in [3.63, 3.8) is 0 Å². The third kappa shape index (κ3) is 4.81. The van der Waals surface area contributed by atoms with Crippen LogP contribution >= 0.6 is 31.9 Å². The van der Waals surface area contributed by atoms with Crippen molar-refractivity contribution in [1.29, 1.82) is 0 Å². The molecule has 0 N–H and O–H groups in total. The first-order valence-corrected chi connectivity index (χ1v) is 17.1. The van der Waals surface area contributed by atoms with Crippen LogP contribution in [0.4, 0.5) is 0 Å². The first-order valence-electron chi connectivity index (χ1n) is 15.5. The number of halogens is 2. The van der Waals surface area contributed by atoms with Gasteiger partial charge in [0.05, 0.1) is 26.7 Å². The minimum atomic E-state index is -1.23. The Morgan fingerprint density at radius 1 is 0.792 bits per heavy atom. The van der Waals surface area contributed by atoms with Crippen molar-refractivity contribution in [3.05, 3.63) is 125 Å². The van der Waals surface area contributed by atoms with E-state index in [2.05, 4.69) is 31.9 Å². The Morgan fingerprint density at radius 2 is 1.31 bits per heavy atom. The number of alkyl halides is 2. The highest BCUT2D eigenvalue weighted by Crippen LogP contribution is 2.70. The Morgan fingerprint density at radius 3 is 1.77 bits per heavy atom. The highest BCUT2D eigenvalue weighted by molar-refractivity contribution is 9.10. The first-order chi connectivity index (χ1) is 23.0. The lowest BCUT2D eigenvalue weighted by atomic mass is 9.54. The number of benzene rings is 3. The Balaban J connectivity index is 1.13. The van der Waals surface area contributed by atoms with Crippen LogP contribution in [0.3, 0.4) is 0 Å². The predicted octanol–water partition coefficient (Wildman–Crippen LogP) is 6.54. The Labute approximate surface area is 292 Å². The monoisotopic (exact) mass is 773 g/mol. The number of ether oxygens (including phenoxy) is 2. The number of hydrogen-bond donors (Lipinski definition) is 0. The van der Waals surface area contributed by atoms with E-state index in [-0.39, 0.29) is 29.4 Å². The summed E-state index contributed by atoms with van der Waals surface area (Å²) in [7, 11) is 0. The topological polar surface area (TPSA) is 120 Å². The zero-order valence-electron chi connectivity index (χ0n) is 25.9. The van der Waals surface area contributed by atoms with Crippen LogP contribution in [0.15, 0.2) is 95.6 Å². The number of carbonyl (C=O) groups is 5. The van der Waals surface area contributed by atoms with Crippen LogP contribution in [0.2, 0.25) is 0 Å². The van der Waals surface area contributed by atoms with Crippen molar-refractivity contribution < 1.29 is 37.9 Å². The number of esters is 2. The maximum Gasteiger partial charge on any atom is 0.379 e. The molecule has 2 amide bonds. The van der Waals surface area contributed by atoms with Crippen LogP contribution < -0.4 is 4.74 Å². The van der Waals surface area contributed by atoms with Gasteiger partial charge in [-0.1, -0.05) is 94.2 Å². The van der Waals surface area contributed by atoms with Gasteiger partial charge in [0.1, 0.15) is 11.8 Å². The van der Waals surface area contributed by atoms with E-state index >= 15 is 0 Å². The highest BCUT2D eigenvalue weighted by Gasteiger charge is 2.73. The average Bonchev–Trinajstić information content (AvgIpc) is 3.72. The number of amides is 2. The maximum atomic E-state index is 14.5. The van der Waals surface area contributed by atoms with Crippen molar-refractivity contribution >= 4 is 61.4 Å². The minimum Gasteiger partial charge on any atom is -0.457 e. The maximum absolute atomic E-state index is 14.5. The molecule has 8 rings (SSSR count). The van der Waals surface area contributed by atoms with Crippen LogP contribution in [0, 0.1) is 17.8 Å². The van der Waals surface area contributed by atoms with Crippen molar-refractivity contribution in [3.8, 4) is 5.75 Å². The van der Waals surface area contributed by atoms with Gasteiger partial charge < -0.3 is 13.9 Å². The second kappa shape index (κ2) is 12.0. The fourth-order valence-electron chi connectivity index (χ4n) is 7.33. The molecule has 3 unspecified atom stereocenters. The van der Waals surface area contributed by atoms with Crippen LogP contribution in [0.25, 0.3) is 0 Å². The zero-order chi connectivity index (χ0) is 34.0.